The second kappa shape index (κ2) is 10.9. The van der Waals surface area contributed by atoms with E-state index in [4.69, 9.17) is 9.15 Å². The summed E-state index contributed by atoms with van der Waals surface area (Å²) in [6.45, 7) is 5.32. The Labute approximate surface area is 183 Å². The number of carbonyl (C=O) groups is 1. The van der Waals surface area contributed by atoms with Crippen LogP contribution in [0.15, 0.2) is 71.2 Å². The number of carbonyl (C=O) groups excluding carboxylic acids is 1. The summed E-state index contributed by atoms with van der Waals surface area (Å²) in [4.78, 5) is 11.3. The SMILES string of the molecule is C=C(C)C(=O)OCCCC(O)C(O)CCCc1ccc2cc(-c3ccccc3)oc2c1. The van der Waals surface area contributed by atoms with Crippen molar-refractivity contribution in [2.75, 3.05) is 6.61 Å². The Kier molecular flexibility index (Phi) is 8.04. The van der Waals surface area contributed by atoms with Crippen LogP contribution < -0.4 is 0 Å². The van der Waals surface area contributed by atoms with Gasteiger partial charge in [-0.15, -0.1) is 0 Å². The summed E-state index contributed by atoms with van der Waals surface area (Å²) >= 11 is 0. The number of aryl methyl sites for hydroxylation is 1. The monoisotopic (exact) mass is 422 g/mol. The van der Waals surface area contributed by atoms with Crippen LogP contribution in [0.25, 0.3) is 22.3 Å². The van der Waals surface area contributed by atoms with Crippen molar-refractivity contribution in [2.24, 2.45) is 0 Å². The zero-order chi connectivity index (χ0) is 22.2. The molecule has 0 amide bonds. The molecule has 5 heteroatoms. The fraction of sp³-hybridized carbons (Fsp3) is 0.346. The van der Waals surface area contributed by atoms with E-state index in [2.05, 4.69) is 18.7 Å². The Hall–Kier alpha value is -2.89. The van der Waals surface area contributed by atoms with Gasteiger partial charge in [0.2, 0.25) is 0 Å². The predicted octanol–water partition coefficient (Wildman–Crippen LogP) is 5.04. The van der Waals surface area contributed by atoms with Crippen LogP contribution in [-0.4, -0.2) is 35.0 Å². The number of aliphatic hydroxyl groups is 2. The van der Waals surface area contributed by atoms with Crippen molar-refractivity contribution >= 4 is 16.9 Å². The van der Waals surface area contributed by atoms with E-state index in [9.17, 15) is 15.0 Å². The molecule has 1 aromatic heterocycles. The van der Waals surface area contributed by atoms with E-state index >= 15 is 0 Å². The lowest BCUT2D eigenvalue weighted by Crippen LogP contribution is -2.26. The number of rotatable bonds is 11. The minimum absolute atomic E-state index is 0.212. The second-order valence-electron chi connectivity index (χ2n) is 7.93. The summed E-state index contributed by atoms with van der Waals surface area (Å²) in [6.07, 6.45) is 1.29. The van der Waals surface area contributed by atoms with Crippen molar-refractivity contribution in [3.05, 3.63) is 72.3 Å². The summed E-state index contributed by atoms with van der Waals surface area (Å²) in [5, 5.41) is 21.4. The Morgan fingerprint density at radius 2 is 1.74 bits per heavy atom. The van der Waals surface area contributed by atoms with Gasteiger partial charge in [0.1, 0.15) is 11.3 Å². The van der Waals surface area contributed by atoms with Gasteiger partial charge in [-0.3, -0.25) is 0 Å². The lowest BCUT2D eigenvalue weighted by molar-refractivity contribution is -0.139. The number of ether oxygens (including phenoxy) is 1. The summed E-state index contributed by atoms with van der Waals surface area (Å²) in [5.41, 5.74) is 3.38. The van der Waals surface area contributed by atoms with E-state index in [0.717, 1.165) is 40.7 Å². The first-order valence-corrected chi connectivity index (χ1v) is 10.7. The van der Waals surface area contributed by atoms with E-state index in [-0.39, 0.29) is 6.61 Å². The normalized spacial score (nSPS) is 13.1. The average Bonchev–Trinajstić information content (AvgIpc) is 3.20. The van der Waals surface area contributed by atoms with Gasteiger partial charge >= 0.3 is 5.97 Å². The van der Waals surface area contributed by atoms with Crippen molar-refractivity contribution in [2.45, 2.75) is 51.2 Å². The first-order valence-electron chi connectivity index (χ1n) is 10.7. The van der Waals surface area contributed by atoms with E-state index in [1.54, 1.807) is 6.92 Å². The van der Waals surface area contributed by atoms with Crippen LogP contribution in [0.4, 0.5) is 0 Å². The standard InChI is InChI=1S/C26H30O5/c1-18(2)26(29)30-15-7-12-23(28)22(27)11-6-8-19-13-14-21-17-25(31-24(21)16-19)20-9-4-3-5-10-20/h3-5,9-10,13-14,16-17,22-23,27-28H,1,6-8,11-12,15H2,2H3. The molecule has 3 aromatic rings. The van der Waals surface area contributed by atoms with E-state index in [0.29, 0.717) is 24.8 Å². The van der Waals surface area contributed by atoms with E-state index < -0.39 is 18.2 Å². The number of aliphatic hydroxyl groups excluding tert-OH is 2. The molecule has 0 saturated heterocycles. The van der Waals surface area contributed by atoms with Crippen LogP contribution in [0.5, 0.6) is 0 Å². The van der Waals surface area contributed by atoms with Gasteiger partial charge in [-0.05, 0) is 56.7 Å². The maximum Gasteiger partial charge on any atom is 0.333 e. The number of benzene rings is 2. The third kappa shape index (κ3) is 6.54. The smallest absolute Gasteiger partial charge is 0.333 e. The minimum atomic E-state index is -0.829. The molecule has 0 fully saturated rings. The van der Waals surface area contributed by atoms with Gasteiger partial charge in [-0.1, -0.05) is 49.0 Å². The molecule has 2 aromatic carbocycles. The summed E-state index contributed by atoms with van der Waals surface area (Å²) in [7, 11) is 0. The molecule has 0 saturated carbocycles. The maximum absolute atomic E-state index is 11.3. The highest BCUT2D eigenvalue weighted by Crippen LogP contribution is 2.28. The van der Waals surface area contributed by atoms with Gasteiger partial charge in [0.15, 0.2) is 0 Å². The molecule has 5 nitrogen and oxygen atoms in total. The molecule has 0 radical (unpaired) electrons. The number of esters is 1. The first kappa shape index (κ1) is 22.8. The van der Waals surface area contributed by atoms with Crippen molar-refractivity contribution in [1.82, 2.24) is 0 Å². The number of hydrogen-bond acceptors (Lipinski definition) is 5. The molecule has 0 aliphatic rings. The summed E-state index contributed by atoms with van der Waals surface area (Å²) in [6, 6.07) is 18.2. The fourth-order valence-electron chi connectivity index (χ4n) is 3.46. The van der Waals surface area contributed by atoms with Gasteiger partial charge in [0.05, 0.1) is 18.8 Å². The molecule has 3 rings (SSSR count). The molecule has 2 atom stereocenters. The molecule has 1 heterocycles. The fourth-order valence-corrected chi connectivity index (χ4v) is 3.46. The topological polar surface area (TPSA) is 79.9 Å². The Balaban J connectivity index is 1.44. The third-order valence-electron chi connectivity index (χ3n) is 5.28. The van der Waals surface area contributed by atoms with Crippen LogP contribution >= 0.6 is 0 Å². The van der Waals surface area contributed by atoms with Gasteiger partial charge in [-0.25, -0.2) is 4.79 Å². The lowest BCUT2D eigenvalue weighted by atomic mass is 10.0. The highest BCUT2D eigenvalue weighted by Gasteiger charge is 2.16. The lowest BCUT2D eigenvalue weighted by Gasteiger charge is -2.17. The first-order chi connectivity index (χ1) is 14.9. The minimum Gasteiger partial charge on any atom is -0.462 e. The predicted molar refractivity (Wildman–Crippen MR) is 122 cm³/mol. The second-order valence-corrected chi connectivity index (χ2v) is 7.93. The van der Waals surface area contributed by atoms with Gasteiger partial charge < -0.3 is 19.4 Å². The molecular weight excluding hydrogens is 392 g/mol. The Morgan fingerprint density at radius 3 is 2.45 bits per heavy atom. The van der Waals surface area contributed by atoms with Gasteiger partial charge in [0.25, 0.3) is 0 Å². The molecule has 0 aliphatic carbocycles. The molecular formula is C26H30O5. The summed E-state index contributed by atoms with van der Waals surface area (Å²) in [5.74, 6) is 0.416. The number of furan rings is 1. The highest BCUT2D eigenvalue weighted by atomic mass is 16.5. The average molecular weight is 423 g/mol. The van der Waals surface area contributed by atoms with Crippen molar-refractivity contribution in [3.63, 3.8) is 0 Å². The summed E-state index contributed by atoms with van der Waals surface area (Å²) < 4.78 is 11.0. The Bertz CT molecular complexity index is 1010. The van der Waals surface area contributed by atoms with Gasteiger partial charge in [0, 0.05) is 16.5 Å². The molecule has 2 N–H and O–H groups in total. The van der Waals surface area contributed by atoms with Crippen LogP contribution in [-0.2, 0) is 16.0 Å². The van der Waals surface area contributed by atoms with Crippen molar-refractivity contribution in [1.29, 1.82) is 0 Å². The molecule has 2 unspecified atom stereocenters. The molecule has 0 bridgehead atoms. The van der Waals surface area contributed by atoms with Crippen LogP contribution in [0.2, 0.25) is 0 Å². The van der Waals surface area contributed by atoms with E-state index in [1.807, 2.05) is 42.5 Å². The zero-order valence-electron chi connectivity index (χ0n) is 17.9. The maximum atomic E-state index is 11.3. The van der Waals surface area contributed by atoms with Gasteiger partial charge in [-0.2, -0.15) is 0 Å². The number of hydrogen-bond donors (Lipinski definition) is 2. The number of fused-ring (bicyclic) bond motifs is 1. The Morgan fingerprint density at radius 1 is 1.03 bits per heavy atom. The molecule has 0 spiro atoms. The molecule has 31 heavy (non-hydrogen) atoms. The largest absolute Gasteiger partial charge is 0.462 e. The zero-order valence-corrected chi connectivity index (χ0v) is 17.9. The third-order valence-corrected chi connectivity index (χ3v) is 5.28. The van der Waals surface area contributed by atoms with E-state index in [1.165, 1.54) is 0 Å². The highest BCUT2D eigenvalue weighted by molar-refractivity contribution is 5.86. The molecule has 0 aliphatic heterocycles. The van der Waals surface area contributed by atoms with Crippen LogP contribution in [0, 0.1) is 0 Å². The van der Waals surface area contributed by atoms with Crippen LogP contribution in [0.3, 0.4) is 0 Å². The van der Waals surface area contributed by atoms with Crippen LogP contribution in [0.1, 0.15) is 38.2 Å². The quantitative estimate of drug-likeness (QED) is 0.257. The van der Waals surface area contributed by atoms with Crippen molar-refractivity contribution in [3.8, 4) is 11.3 Å². The molecule has 164 valence electrons. The van der Waals surface area contributed by atoms with Crippen molar-refractivity contribution < 1.29 is 24.2 Å².